The standard InChI is InChI=1S/C11H23O4P/c1-5-10(2)7-6-8-11(12)9-16(13,14-3)15-4/h10H,5-9H2,1-4H3. The van der Waals surface area contributed by atoms with Gasteiger partial charge in [0.2, 0.25) is 0 Å². The van der Waals surface area contributed by atoms with Crippen LogP contribution in [-0.2, 0) is 18.4 Å². The summed E-state index contributed by atoms with van der Waals surface area (Å²) in [5, 5.41) is 0. The molecule has 0 aliphatic heterocycles. The van der Waals surface area contributed by atoms with Crippen molar-refractivity contribution in [3.05, 3.63) is 0 Å². The van der Waals surface area contributed by atoms with E-state index in [4.69, 9.17) is 9.05 Å². The van der Waals surface area contributed by atoms with Gasteiger partial charge in [0.15, 0.2) is 0 Å². The molecular weight excluding hydrogens is 227 g/mol. The second kappa shape index (κ2) is 7.99. The number of hydrogen-bond acceptors (Lipinski definition) is 4. The SMILES string of the molecule is CCC(C)CCCC(=O)CP(=O)(OC)OC. The van der Waals surface area contributed by atoms with Crippen molar-refractivity contribution in [1.82, 2.24) is 0 Å². The van der Waals surface area contributed by atoms with Crippen molar-refractivity contribution in [2.75, 3.05) is 20.4 Å². The molecule has 4 nitrogen and oxygen atoms in total. The Balaban J connectivity index is 3.87. The molecular formula is C11H23O4P. The second-order valence-electron chi connectivity index (χ2n) is 4.08. The van der Waals surface area contributed by atoms with E-state index in [9.17, 15) is 9.36 Å². The normalized spacial score (nSPS) is 13.8. The molecule has 5 heteroatoms. The Morgan fingerprint density at radius 3 is 2.31 bits per heavy atom. The minimum Gasteiger partial charge on any atom is -0.312 e. The molecule has 0 heterocycles. The molecule has 0 aromatic heterocycles. The van der Waals surface area contributed by atoms with E-state index in [1.807, 2.05) is 0 Å². The van der Waals surface area contributed by atoms with Gasteiger partial charge in [0.1, 0.15) is 11.9 Å². The number of rotatable bonds is 9. The molecule has 0 bridgehead atoms. The van der Waals surface area contributed by atoms with Gasteiger partial charge in [-0.1, -0.05) is 26.7 Å². The molecule has 0 aromatic rings. The van der Waals surface area contributed by atoms with E-state index in [2.05, 4.69) is 13.8 Å². The molecule has 0 aliphatic carbocycles. The van der Waals surface area contributed by atoms with Crippen molar-refractivity contribution in [3.63, 3.8) is 0 Å². The molecule has 0 rings (SSSR count). The van der Waals surface area contributed by atoms with Crippen molar-refractivity contribution >= 4 is 13.4 Å². The van der Waals surface area contributed by atoms with Crippen LogP contribution in [0.2, 0.25) is 0 Å². The van der Waals surface area contributed by atoms with Crippen LogP contribution in [0.5, 0.6) is 0 Å². The van der Waals surface area contributed by atoms with Gasteiger partial charge in [0, 0.05) is 20.6 Å². The molecule has 1 atom stereocenters. The summed E-state index contributed by atoms with van der Waals surface area (Å²) in [6.45, 7) is 4.30. The minimum atomic E-state index is -3.16. The summed E-state index contributed by atoms with van der Waals surface area (Å²) in [5.74, 6) is 0.597. The zero-order valence-corrected chi connectivity index (χ0v) is 11.6. The molecule has 0 spiro atoms. The van der Waals surface area contributed by atoms with Gasteiger partial charge in [-0.05, 0) is 12.3 Å². The molecule has 1 unspecified atom stereocenters. The first-order valence-electron chi connectivity index (χ1n) is 5.69. The lowest BCUT2D eigenvalue weighted by atomic mass is 10.0. The number of carbonyl (C=O) groups is 1. The van der Waals surface area contributed by atoms with Crippen molar-refractivity contribution in [2.45, 2.75) is 39.5 Å². The van der Waals surface area contributed by atoms with Gasteiger partial charge in [-0.2, -0.15) is 0 Å². The third-order valence-electron chi connectivity index (χ3n) is 2.78. The van der Waals surface area contributed by atoms with Gasteiger partial charge < -0.3 is 9.05 Å². The van der Waals surface area contributed by atoms with Gasteiger partial charge in [0.25, 0.3) is 0 Å². The third kappa shape index (κ3) is 6.41. The first kappa shape index (κ1) is 15.8. The molecule has 0 saturated heterocycles. The fourth-order valence-electron chi connectivity index (χ4n) is 1.35. The Morgan fingerprint density at radius 2 is 1.88 bits per heavy atom. The van der Waals surface area contributed by atoms with Gasteiger partial charge >= 0.3 is 7.60 Å². The molecule has 96 valence electrons. The first-order chi connectivity index (χ1) is 7.47. The van der Waals surface area contributed by atoms with Crippen LogP contribution in [0.25, 0.3) is 0 Å². The van der Waals surface area contributed by atoms with Crippen LogP contribution in [0.1, 0.15) is 39.5 Å². The summed E-state index contributed by atoms with van der Waals surface area (Å²) >= 11 is 0. The monoisotopic (exact) mass is 250 g/mol. The van der Waals surface area contributed by atoms with Crippen molar-refractivity contribution in [1.29, 1.82) is 0 Å². The molecule has 0 saturated carbocycles. The van der Waals surface area contributed by atoms with E-state index in [0.29, 0.717) is 12.3 Å². The molecule has 0 amide bonds. The van der Waals surface area contributed by atoms with Gasteiger partial charge in [-0.3, -0.25) is 9.36 Å². The zero-order chi connectivity index (χ0) is 12.6. The lowest BCUT2D eigenvalue weighted by Gasteiger charge is -2.12. The van der Waals surface area contributed by atoms with Crippen LogP contribution in [0.4, 0.5) is 0 Å². The van der Waals surface area contributed by atoms with Crippen LogP contribution < -0.4 is 0 Å². The lowest BCUT2D eigenvalue weighted by Crippen LogP contribution is -2.08. The smallest absolute Gasteiger partial charge is 0.312 e. The molecule has 0 aliphatic rings. The number of ketones is 1. The number of carbonyl (C=O) groups excluding carboxylic acids is 1. The van der Waals surface area contributed by atoms with Crippen molar-refractivity contribution in [3.8, 4) is 0 Å². The van der Waals surface area contributed by atoms with E-state index < -0.39 is 7.60 Å². The molecule has 16 heavy (non-hydrogen) atoms. The Hall–Kier alpha value is -0.180. The summed E-state index contributed by atoms with van der Waals surface area (Å²) in [6, 6.07) is 0. The minimum absolute atomic E-state index is 0.0460. The van der Waals surface area contributed by atoms with E-state index >= 15 is 0 Å². The highest BCUT2D eigenvalue weighted by Crippen LogP contribution is 2.46. The van der Waals surface area contributed by atoms with Crippen molar-refractivity contribution in [2.24, 2.45) is 5.92 Å². The zero-order valence-electron chi connectivity index (χ0n) is 10.7. The van der Waals surface area contributed by atoms with Crippen molar-refractivity contribution < 1.29 is 18.4 Å². The summed E-state index contributed by atoms with van der Waals surface area (Å²) in [6.07, 6.45) is 3.36. The Bertz CT molecular complexity index is 244. The fourth-order valence-corrected chi connectivity index (χ4v) is 2.35. The van der Waals surface area contributed by atoms with Crippen LogP contribution >= 0.6 is 7.60 Å². The van der Waals surface area contributed by atoms with Gasteiger partial charge in [-0.25, -0.2) is 0 Å². The molecule has 0 radical (unpaired) electrons. The third-order valence-corrected chi connectivity index (χ3v) is 4.63. The van der Waals surface area contributed by atoms with Crippen LogP contribution in [-0.4, -0.2) is 26.2 Å². The Kier molecular flexibility index (Phi) is 7.90. The van der Waals surface area contributed by atoms with Crippen LogP contribution in [0, 0.1) is 5.92 Å². The second-order valence-corrected chi connectivity index (χ2v) is 6.35. The maximum absolute atomic E-state index is 11.6. The largest absolute Gasteiger partial charge is 0.337 e. The van der Waals surface area contributed by atoms with Gasteiger partial charge in [0.05, 0.1) is 0 Å². The maximum atomic E-state index is 11.6. The predicted molar refractivity (Wildman–Crippen MR) is 64.8 cm³/mol. The summed E-state index contributed by atoms with van der Waals surface area (Å²) < 4.78 is 21.1. The predicted octanol–water partition coefficient (Wildman–Crippen LogP) is 3.26. The fraction of sp³-hybridized carbons (Fsp3) is 0.909. The first-order valence-corrected chi connectivity index (χ1v) is 7.42. The molecule has 0 fully saturated rings. The van der Waals surface area contributed by atoms with Gasteiger partial charge in [-0.15, -0.1) is 0 Å². The Labute approximate surface area is 98.2 Å². The number of Topliss-reactive ketones (excluding diaryl/α,β-unsaturated/α-hetero) is 1. The van der Waals surface area contributed by atoms with E-state index in [0.717, 1.165) is 19.3 Å². The topological polar surface area (TPSA) is 52.6 Å². The lowest BCUT2D eigenvalue weighted by molar-refractivity contribution is -0.117. The van der Waals surface area contributed by atoms with Crippen LogP contribution in [0.15, 0.2) is 0 Å². The summed E-state index contributed by atoms with van der Waals surface area (Å²) in [5.41, 5.74) is 0. The highest BCUT2D eigenvalue weighted by molar-refractivity contribution is 7.54. The van der Waals surface area contributed by atoms with E-state index in [1.165, 1.54) is 14.2 Å². The average molecular weight is 250 g/mol. The maximum Gasteiger partial charge on any atom is 0.337 e. The summed E-state index contributed by atoms with van der Waals surface area (Å²) in [7, 11) is -0.553. The highest BCUT2D eigenvalue weighted by atomic mass is 31.2. The highest BCUT2D eigenvalue weighted by Gasteiger charge is 2.24. The average Bonchev–Trinajstić information content (AvgIpc) is 2.28. The van der Waals surface area contributed by atoms with Crippen LogP contribution in [0.3, 0.4) is 0 Å². The molecule has 0 N–H and O–H groups in total. The molecule has 0 aromatic carbocycles. The Morgan fingerprint density at radius 1 is 1.31 bits per heavy atom. The quantitative estimate of drug-likeness (QED) is 0.589. The summed E-state index contributed by atoms with van der Waals surface area (Å²) in [4.78, 5) is 11.5. The van der Waals surface area contributed by atoms with E-state index in [1.54, 1.807) is 0 Å². The van der Waals surface area contributed by atoms with E-state index in [-0.39, 0.29) is 11.9 Å². The number of hydrogen-bond donors (Lipinski definition) is 0.